The Labute approximate surface area is 186 Å². The monoisotopic (exact) mass is 424 g/mol. The van der Waals surface area contributed by atoms with Gasteiger partial charge in [-0.1, -0.05) is 55.8 Å². The van der Waals surface area contributed by atoms with E-state index < -0.39 is 5.97 Å². The van der Waals surface area contributed by atoms with E-state index in [1.807, 2.05) is 6.07 Å². The summed E-state index contributed by atoms with van der Waals surface area (Å²) >= 11 is 0. The van der Waals surface area contributed by atoms with E-state index in [0.717, 1.165) is 40.7 Å². The number of carbonyl (C=O) groups is 2. The summed E-state index contributed by atoms with van der Waals surface area (Å²) in [5.41, 5.74) is 9.15. The third-order valence-electron chi connectivity index (χ3n) is 6.20. The molecule has 1 aliphatic rings. The Bertz CT molecular complexity index is 1370. The minimum absolute atomic E-state index is 0.141. The summed E-state index contributed by atoms with van der Waals surface area (Å²) in [5, 5.41) is 0. The van der Waals surface area contributed by atoms with Gasteiger partial charge in [-0.3, -0.25) is 9.59 Å². The molecule has 4 nitrogen and oxygen atoms in total. The van der Waals surface area contributed by atoms with Crippen LogP contribution in [0.2, 0.25) is 0 Å². The smallest absolute Gasteiger partial charge is 0.308 e. The van der Waals surface area contributed by atoms with Gasteiger partial charge < -0.3 is 9.15 Å². The van der Waals surface area contributed by atoms with Crippen LogP contribution in [0.25, 0.3) is 33.6 Å². The summed E-state index contributed by atoms with van der Waals surface area (Å²) in [4.78, 5) is 25.6. The Kier molecular flexibility index (Phi) is 4.74. The zero-order valence-electron chi connectivity index (χ0n) is 18.7. The van der Waals surface area contributed by atoms with Crippen molar-refractivity contribution in [2.45, 2.75) is 40.5 Å². The normalized spacial score (nSPS) is 13.3. The van der Waals surface area contributed by atoms with Gasteiger partial charge in [-0.05, 0) is 59.7 Å². The molecule has 0 radical (unpaired) electrons. The van der Waals surface area contributed by atoms with Crippen molar-refractivity contribution in [1.82, 2.24) is 0 Å². The molecule has 0 saturated carbocycles. The summed E-state index contributed by atoms with van der Waals surface area (Å²) in [5.74, 6) is -0.277. The molecular formula is C28H24O4. The largest absolute Gasteiger partial charge is 0.456 e. The summed E-state index contributed by atoms with van der Waals surface area (Å²) in [6, 6.07) is 16.4. The van der Waals surface area contributed by atoms with E-state index in [1.54, 1.807) is 6.07 Å². The van der Waals surface area contributed by atoms with Crippen LogP contribution in [0.15, 0.2) is 52.9 Å². The number of benzene rings is 3. The predicted octanol–water partition coefficient (Wildman–Crippen LogP) is 6.60. The highest BCUT2D eigenvalue weighted by atomic mass is 16.5. The summed E-state index contributed by atoms with van der Waals surface area (Å²) in [7, 11) is 0. The topological polar surface area (TPSA) is 56.5 Å². The van der Waals surface area contributed by atoms with E-state index in [9.17, 15) is 9.59 Å². The van der Waals surface area contributed by atoms with Gasteiger partial charge in [0.05, 0.1) is 16.7 Å². The summed E-state index contributed by atoms with van der Waals surface area (Å²) < 4.78 is 11.4. The average Bonchev–Trinajstić information content (AvgIpc) is 3.47. The first-order chi connectivity index (χ1) is 15.4. The van der Waals surface area contributed by atoms with Crippen LogP contribution in [-0.4, -0.2) is 11.8 Å². The third kappa shape index (κ3) is 2.98. The maximum atomic E-state index is 13.6. The fourth-order valence-electron chi connectivity index (χ4n) is 4.69. The zero-order chi connectivity index (χ0) is 22.6. The van der Waals surface area contributed by atoms with Gasteiger partial charge in [0.1, 0.15) is 11.2 Å². The van der Waals surface area contributed by atoms with Crippen molar-refractivity contribution < 1.29 is 18.7 Å². The molecule has 0 unspecified atom stereocenters. The predicted molar refractivity (Wildman–Crippen MR) is 126 cm³/mol. The number of esters is 1. The molecule has 2 aromatic carbocycles. The maximum Gasteiger partial charge on any atom is 0.308 e. The van der Waals surface area contributed by atoms with E-state index >= 15 is 0 Å². The molecule has 2 bridgehead atoms. The number of carbonyl (C=O) groups excluding carboxylic acids is 2. The van der Waals surface area contributed by atoms with E-state index in [4.69, 9.17) is 9.15 Å². The van der Waals surface area contributed by atoms with E-state index in [1.165, 1.54) is 12.5 Å². The second-order valence-corrected chi connectivity index (χ2v) is 8.28. The van der Waals surface area contributed by atoms with Gasteiger partial charge in [-0.25, -0.2) is 0 Å². The number of aryl methyl sites for hydroxylation is 3. The Balaban J connectivity index is 1.76. The number of hydrogen-bond acceptors (Lipinski definition) is 4. The van der Waals surface area contributed by atoms with E-state index in [0.29, 0.717) is 33.6 Å². The number of ether oxygens (including phenoxy) is 1. The molecule has 0 fully saturated rings. The van der Waals surface area contributed by atoms with Crippen molar-refractivity contribution in [3.8, 4) is 11.1 Å². The lowest BCUT2D eigenvalue weighted by molar-refractivity contribution is -0.134. The van der Waals surface area contributed by atoms with Gasteiger partial charge in [0.25, 0.3) is 0 Å². The zero-order valence-corrected chi connectivity index (χ0v) is 18.7. The van der Waals surface area contributed by atoms with Gasteiger partial charge in [0.2, 0.25) is 5.78 Å². The minimum Gasteiger partial charge on any atom is -0.456 e. The average molecular weight is 424 g/mol. The van der Waals surface area contributed by atoms with Gasteiger partial charge in [0.15, 0.2) is 5.76 Å². The molecule has 5 rings (SSSR count). The van der Waals surface area contributed by atoms with E-state index in [-0.39, 0.29) is 5.78 Å². The molecule has 1 aliphatic carbocycles. The Morgan fingerprint density at radius 2 is 1.44 bits per heavy atom. The summed E-state index contributed by atoms with van der Waals surface area (Å²) in [6.45, 7) is 7.60. The fraction of sp³-hybridized carbons (Fsp3) is 0.214. The van der Waals surface area contributed by atoms with Crippen LogP contribution in [0.4, 0.5) is 0 Å². The number of hydrogen-bond donors (Lipinski definition) is 0. The molecule has 0 atom stereocenters. The van der Waals surface area contributed by atoms with Crippen LogP contribution in [0.1, 0.15) is 58.9 Å². The number of ketones is 1. The Hall–Kier alpha value is -3.66. The SMILES string of the molecule is CCc1cc(-c2ccc(C)cc2)cc(CC)c1C1=C(OC(C)=O)c2c(c3ccc2o3)C1=O. The van der Waals surface area contributed by atoms with Crippen molar-refractivity contribution in [2.24, 2.45) is 0 Å². The second kappa shape index (κ2) is 7.49. The van der Waals surface area contributed by atoms with Crippen LogP contribution >= 0.6 is 0 Å². The highest BCUT2D eigenvalue weighted by Gasteiger charge is 2.40. The molecule has 0 spiro atoms. The van der Waals surface area contributed by atoms with Crippen LogP contribution in [0.3, 0.4) is 0 Å². The molecule has 0 N–H and O–H groups in total. The Morgan fingerprint density at radius 1 is 0.844 bits per heavy atom. The standard InChI is InChI=1S/C28H24O4/c1-5-17-13-20(19-9-7-15(3)8-10-19)14-18(6-2)23(17)26-27(30)24-21-11-12-22(32-21)25(24)28(26)31-16(4)29/h7-14H,5-6H2,1-4H3. The van der Waals surface area contributed by atoms with Gasteiger partial charge in [0, 0.05) is 6.92 Å². The fourth-order valence-corrected chi connectivity index (χ4v) is 4.69. The van der Waals surface area contributed by atoms with Gasteiger partial charge in [-0.2, -0.15) is 0 Å². The highest BCUT2D eigenvalue weighted by Crippen LogP contribution is 2.48. The number of furan rings is 2. The first-order valence-corrected chi connectivity index (χ1v) is 11.0. The second-order valence-electron chi connectivity index (χ2n) is 8.28. The van der Waals surface area contributed by atoms with Crippen LogP contribution in [0.5, 0.6) is 0 Å². The number of Topliss-reactive ketones (excluding diaryl/α,β-unsaturated/α-hetero) is 1. The first kappa shape index (κ1) is 20.3. The van der Waals surface area contributed by atoms with E-state index in [2.05, 4.69) is 57.2 Å². The van der Waals surface area contributed by atoms with Crippen LogP contribution in [-0.2, 0) is 22.4 Å². The molecule has 2 heterocycles. The van der Waals surface area contributed by atoms with Crippen molar-refractivity contribution in [2.75, 3.05) is 0 Å². The number of fused-ring (bicyclic) bond motifs is 5. The van der Waals surface area contributed by atoms with Gasteiger partial charge >= 0.3 is 5.97 Å². The molecule has 0 amide bonds. The first-order valence-electron chi connectivity index (χ1n) is 11.0. The molecule has 4 heteroatoms. The van der Waals surface area contributed by atoms with Crippen molar-refractivity contribution in [3.63, 3.8) is 0 Å². The quantitative estimate of drug-likeness (QED) is 0.339. The molecule has 4 aromatic rings. The van der Waals surface area contributed by atoms with Crippen LogP contribution in [0, 0.1) is 6.92 Å². The highest BCUT2D eigenvalue weighted by molar-refractivity contribution is 6.43. The minimum atomic E-state index is -0.455. The lowest BCUT2D eigenvalue weighted by Crippen LogP contribution is -2.07. The van der Waals surface area contributed by atoms with Crippen molar-refractivity contribution in [1.29, 1.82) is 0 Å². The van der Waals surface area contributed by atoms with Crippen molar-refractivity contribution >= 4 is 34.3 Å². The molecule has 32 heavy (non-hydrogen) atoms. The Morgan fingerprint density at radius 3 is 2.00 bits per heavy atom. The molecular weight excluding hydrogens is 400 g/mol. The van der Waals surface area contributed by atoms with Crippen LogP contribution < -0.4 is 0 Å². The lowest BCUT2D eigenvalue weighted by Gasteiger charge is -2.18. The molecule has 2 aromatic heterocycles. The third-order valence-corrected chi connectivity index (χ3v) is 6.20. The van der Waals surface area contributed by atoms with Gasteiger partial charge in [-0.15, -0.1) is 0 Å². The number of rotatable bonds is 5. The number of allylic oxidation sites excluding steroid dienone is 1. The molecule has 0 saturated heterocycles. The molecule has 160 valence electrons. The van der Waals surface area contributed by atoms with Crippen molar-refractivity contribution in [3.05, 3.63) is 81.9 Å². The maximum absolute atomic E-state index is 13.6. The molecule has 0 aliphatic heterocycles. The summed E-state index contributed by atoms with van der Waals surface area (Å²) in [6.07, 6.45) is 1.50. The lowest BCUT2D eigenvalue weighted by atomic mass is 9.86.